The first kappa shape index (κ1) is 8.74. The molecule has 3 nitrogen and oxygen atoms in total. The number of ketones is 2. The van der Waals surface area contributed by atoms with Gasteiger partial charge in [-0.05, 0) is 18.3 Å². The van der Waals surface area contributed by atoms with E-state index in [-0.39, 0.29) is 23.4 Å². The number of hydrogen-bond acceptors (Lipinski definition) is 3. The van der Waals surface area contributed by atoms with Crippen molar-refractivity contribution >= 4 is 11.6 Å². The van der Waals surface area contributed by atoms with Crippen molar-refractivity contribution in [2.45, 2.75) is 6.42 Å². The molecule has 0 radical (unpaired) electrons. The normalized spacial score (nSPS) is 43.8. The summed E-state index contributed by atoms with van der Waals surface area (Å²) in [4.78, 5) is 26.4. The molecule has 2 bridgehead atoms. The Balaban J connectivity index is 1.79. The van der Waals surface area contributed by atoms with Crippen molar-refractivity contribution < 1.29 is 9.59 Å². The molecule has 82 valence electrons. The molecule has 2 fully saturated rings. The lowest BCUT2D eigenvalue weighted by Gasteiger charge is -2.29. The molecular weight excluding hydrogens is 202 g/mol. The maximum absolute atomic E-state index is 12.3. The van der Waals surface area contributed by atoms with Gasteiger partial charge < -0.3 is 4.90 Å². The predicted octanol–water partition coefficient (Wildman–Crippen LogP) is 0.776. The third kappa shape index (κ3) is 0.938. The van der Waals surface area contributed by atoms with Gasteiger partial charge in [-0.25, -0.2) is 0 Å². The zero-order valence-corrected chi connectivity index (χ0v) is 8.93. The van der Waals surface area contributed by atoms with E-state index >= 15 is 0 Å². The van der Waals surface area contributed by atoms with E-state index in [0.717, 1.165) is 19.5 Å². The third-order valence-corrected chi connectivity index (χ3v) is 4.41. The van der Waals surface area contributed by atoms with E-state index in [2.05, 4.69) is 12.2 Å². The molecule has 4 atom stereocenters. The van der Waals surface area contributed by atoms with Gasteiger partial charge in [0.15, 0.2) is 11.6 Å². The van der Waals surface area contributed by atoms with Gasteiger partial charge >= 0.3 is 0 Å². The number of nitrogens with zero attached hydrogens (tertiary/aromatic N) is 1. The summed E-state index contributed by atoms with van der Waals surface area (Å²) in [5, 5.41) is 0. The van der Waals surface area contributed by atoms with Crippen molar-refractivity contribution in [2.24, 2.45) is 23.7 Å². The number of hydrogen-bond donors (Lipinski definition) is 0. The molecule has 0 spiro atoms. The summed E-state index contributed by atoms with van der Waals surface area (Å²) in [5.41, 5.74) is 0.687. The van der Waals surface area contributed by atoms with Gasteiger partial charge in [-0.3, -0.25) is 9.59 Å². The minimum Gasteiger partial charge on any atom is -0.365 e. The smallest absolute Gasteiger partial charge is 0.183 e. The molecule has 4 unspecified atom stereocenters. The van der Waals surface area contributed by atoms with Gasteiger partial charge in [0.25, 0.3) is 0 Å². The molecule has 0 amide bonds. The van der Waals surface area contributed by atoms with E-state index in [0.29, 0.717) is 17.5 Å². The second-order valence-corrected chi connectivity index (χ2v) is 5.28. The first-order valence-corrected chi connectivity index (χ1v) is 5.99. The number of allylic oxidation sites excluding steroid dienone is 4. The number of rotatable bonds is 1. The first-order chi connectivity index (χ1) is 7.75. The predicted molar refractivity (Wildman–Crippen MR) is 57.4 cm³/mol. The summed E-state index contributed by atoms with van der Waals surface area (Å²) in [6, 6.07) is 0. The Hall–Kier alpha value is -1.38. The average Bonchev–Trinajstić information content (AvgIpc) is 2.91. The maximum atomic E-state index is 12.3. The van der Waals surface area contributed by atoms with E-state index in [1.54, 1.807) is 6.08 Å². The van der Waals surface area contributed by atoms with E-state index in [1.807, 2.05) is 4.90 Å². The van der Waals surface area contributed by atoms with Crippen LogP contribution in [-0.2, 0) is 9.59 Å². The van der Waals surface area contributed by atoms with E-state index < -0.39 is 0 Å². The van der Waals surface area contributed by atoms with Gasteiger partial charge in [-0.15, -0.1) is 0 Å². The molecule has 4 rings (SSSR count). The molecule has 0 aromatic carbocycles. The summed E-state index contributed by atoms with van der Waals surface area (Å²) < 4.78 is 0. The van der Waals surface area contributed by atoms with Gasteiger partial charge in [-0.1, -0.05) is 12.2 Å². The van der Waals surface area contributed by atoms with Crippen LogP contribution in [-0.4, -0.2) is 29.6 Å². The minimum absolute atomic E-state index is 0.0359. The van der Waals surface area contributed by atoms with Crippen LogP contribution in [0, 0.1) is 23.7 Å². The highest BCUT2D eigenvalue weighted by Crippen LogP contribution is 2.51. The fourth-order valence-electron chi connectivity index (χ4n) is 3.58. The number of Topliss-reactive ketones (excluding diaryl/α,β-unsaturated/α-hetero) is 1. The third-order valence-electron chi connectivity index (χ3n) is 4.41. The van der Waals surface area contributed by atoms with Crippen LogP contribution in [0.4, 0.5) is 0 Å². The highest BCUT2D eigenvalue weighted by atomic mass is 16.1. The summed E-state index contributed by atoms with van der Waals surface area (Å²) in [7, 11) is 0. The summed E-state index contributed by atoms with van der Waals surface area (Å²) in [5.74, 6) is 0.991. The Morgan fingerprint density at radius 3 is 2.44 bits per heavy atom. The lowest BCUT2D eigenvalue weighted by molar-refractivity contribution is -0.130. The fourth-order valence-corrected chi connectivity index (χ4v) is 3.58. The Kier molecular flexibility index (Phi) is 1.45. The van der Waals surface area contributed by atoms with Crippen LogP contribution in [0.1, 0.15) is 6.42 Å². The first-order valence-electron chi connectivity index (χ1n) is 5.99. The summed E-state index contributed by atoms with van der Waals surface area (Å²) in [6.45, 7) is 1.87. The van der Waals surface area contributed by atoms with E-state index in [4.69, 9.17) is 0 Å². The molecule has 0 aromatic heterocycles. The Bertz CT molecular complexity index is 459. The average molecular weight is 215 g/mol. The van der Waals surface area contributed by atoms with Crippen molar-refractivity contribution in [3.05, 3.63) is 23.9 Å². The molecule has 1 aliphatic heterocycles. The molecule has 0 aromatic rings. The van der Waals surface area contributed by atoms with Crippen molar-refractivity contribution in [2.75, 3.05) is 13.1 Å². The molecule has 0 N–H and O–H groups in total. The van der Waals surface area contributed by atoms with E-state index in [1.165, 1.54) is 0 Å². The zero-order valence-electron chi connectivity index (χ0n) is 8.93. The molecular formula is C13H13NO2. The van der Waals surface area contributed by atoms with E-state index in [9.17, 15) is 9.59 Å². The second kappa shape index (κ2) is 2.65. The maximum Gasteiger partial charge on any atom is 0.183 e. The highest BCUT2D eigenvalue weighted by molar-refractivity contribution is 6.11. The van der Waals surface area contributed by atoms with Crippen LogP contribution in [0.2, 0.25) is 0 Å². The quantitative estimate of drug-likeness (QED) is 0.479. The number of carbonyl (C=O) groups excluding carboxylic acids is 2. The molecule has 3 aliphatic carbocycles. The van der Waals surface area contributed by atoms with Crippen molar-refractivity contribution in [1.82, 2.24) is 4.90 Å². The van der Waals surface area contributed by atoms with Crippen LogP contribution < -0.4 is 0 Å². The van der Waals surface area contributed by atoms with Crippen molar-refractivity contribution in [1.29, 1.82) is 0 Å². The van der Waals surface area contributed by atoms with Crippen molar-refractivity contribution in [3.8, 4) is 0 Å². The molecule has 1 heterocycles. The number of carbonyl (C=O) groups is 2. The second-order valence-electron chi connectivity index (χ2n) is 5.28. The standard InChI is InChI=1S/C13H13NO2/c15-10-6-9(14-3-4-14)13(16)12-8-2-1-7(5-8)11(10)12/h1-2,6-8,11-12H,3-5H2. The fraction of sp³-hybridized carbons (Fsp3) is 0.538. The van der Waals surface area contributed by atoms with Gasteiger partial charge in [0.2, 0.25) is 0 Å². The lowest BCUT2D eigenvalue weighted by atomic mass is 9.73. The molecule has 1 saturated heterocycles. The summed E-state index contributed by atoms with van der Waals surface area (Å²) >= 11 is 0. The number of fused-ring (bicyclic) bond motifs is 5. The Labute approximate surface area is 93.8 Å². The SMILES string of the molecule is O=C1C=C(N2CC2)C(=O)C2C3C=CC(C3)C12. The zero-order chi connectivity index (χ0) is 10.9. The summed E-state index contributed by atoms with van der Waals surface area (Å²) in [6.07, 6.45) is 6.88. The largest absolute Gasteiger partial charge is 0.365 e. The van der Waals surface area contributed by atoms with Gasteiger partial charge in [-0.2, -0.15) is 0 Å². The molecule has 1 saturated carbocycles. The highest BCUT2D eigenvalue weighted by Gasteiger charge is 2.54. The minimum atomic E-state index is -0.0388. The van der Waals surface area contributed by atoms with Gasteiger partial charge in [0.1, 0.15) is 0 Å². The van der Waals surface area contributed by atoms with Crippen LogP contribution in [0.5, 0.6) is 0 Å². The lowest BCUT2D eigenvalue weighted by Crippen LogP contribution is -2.38. The Morgan fingerprint density at radius 1 is 1.06 bits per heavy atom. The van der Waals surface area contributed by atoms with Gasteiger partial charge in [0, 0.05) is 31.0 Å². The monoisotopic (exact) mass is 215 g/mol. The van der Waals surface area contributed by atoms with Crippen molar-refractivity contribution in [3.63, 3.8) is 0 Å². The molecule has 16 heavy (non-hydrogen) atoms. The van der Waals surface area contributed by atoms with Gasteiger partial charge in [0.05, 0.1) is 5.70 Å². The Morgan fingerprint density at radius 2 is 1.75 bits per heavy atom. The van der Waals surface area contributed by atoms with Crippen LogP contribution in [0.25, 0.3) is 0 Å². The van der Waals surface area contributed by atoms with Crippen LogP contribution in [0.15, 0.2) is 23.9 Å². The molecule has 3 heteroatoms. The van der Waals surface area contributed by atoms with Crippen LogP contribution in [0.3, 0.4) is 0 Å². The topological polar surface area (TPSA) is 37.1 Å². The molecule has 4 aliphatic rings. The van der Waals surface area contributed by atoms with Crippen LogP contribution >= 0.6 is 0 Å².